The van der Waals surface area contributed by atoms with Gasteiger partial charge in [0.2, 0.25) is 0 Å². The smallest absolute Gasteiger partial charge is 0.326 e. The molecular weight excluding hydrogens is 372 g/mol. The molecule has 4 rings (SSSR count). The highest BCUT2D eigenvalue weighted by atomic mass is 16.5. The third-order valence-electron chi connectivity index (χ3n) is 6.26. The van der Waals surface area contributed by atoms with E-state index in [2.05, 4.69) is 20.8 Å². The first-order valence-electron chi connectivity index (χ1n) is 9.99. The Morgan fingerprint density at radius 2 is 1.69 bits per heavy atom. The van der Waals surface area contributed by atoms with Gasteiger partial charge in [0.15, 0.2) is 6.61 Å². The van der Waals surface area contributed by atoms with Gasteiger partial charge < -0.3 is 9.64 Å². The maximum Gasteiger partial charge on any atom is 0.326 e. The fourth-order valence-electron chi connectivity index (χ4n) is 5.53. The van der Waals surface area contributed by atoms with Gasteiger partial charge in [-0.3, -0.25) is 24.1 Å². The molecule has 7 nitrogen and oxygen atoms in total. The molecule has 2 fully saturated rings. The predicted molar refractivity (Wildman–Crippen MR) is 104 cm³/mol. The van der Waals surface area contributed by atoms with Crippen molar-refractivity contribution in [2.75, 3.05) is 19.7 Å². The zero-order valence-corrected chi connectivity index (χ0v) is 17.1. The van der Waals surface area contributed by atoms with E-state index in [0.29, 0.717) is 6.54 Å². The van der Waals surface area contributed by atoms with Gasteiger partial charge in [0.1, 0.15) is 6.54 Å². The van der Waals surface area contributed by atoms with Crippen molar-refractivity contribution < 1.29 is 23.9 Å². The molecule has 0 N–H and O–H groups in total. The molecule has 2 atom stereocenters. The van der Waals surface area contributed by atoms with Gasteiger partial charge >= 0.3 is 5.97 Å². The molecule has 7 heteroatoms. The van der Waals surface area contributed by atoms with Crippen LogP contribution in [0.25, 0.3) is 0 Å². The Morgan fingerprint density at radius 1 is 1.07 bits per heavy atom. The molecule has 1 aromatic carbocycles. The monoisotopic (exact) mass is 398 g/mol. The lowest BCUT2D eigenvalue weighted by molar-refractivity contribution is -0.152. The van der Waals surface area contributed by atoms with Crippen molar-refractivity contribution in [3.05, 3.63) is 35.4 Å². The van der Waals surface area contributed by atoms with E-state index < -0.39 is 24.3 Å². The number of hydrogen-bond donors (Lipinski definition) is 0. The fraction of sp³-hybridized carbons (Fsp3) is 0.545. The van der Waals surface area contributed by atoms with Crippen LogP contribution in [0.1, 0.15) is 60.7 Å². The third-order valence-corrected chi connectivity index (χ3v) is 6.26. The maximum absolute atomic E-state index is 12.7. The van der Waals surface area contributed by atoms with E-state index in [1.165, 1.54) is 0 Å². The van der Waals surface area contributed by atoms with E-state index >= 15 is 0 Å². The first-order valence-corrected chi connectivity index (χ1v) is 9.99. The summed E-state index contributed by atoms with van der Waals surface area (Å²) in [5, 5.41) is 0. The minimum Gasteiger partial charge on any atom is -0.454 e. The summed E-state index contributed by atoms with van der Waals surface area (Å²) < 4.78 is 5.13. The Bertz CT molecular complexity index is 873. The van der Waals surface area contributed by atoms with Crippen LogP contribution < -0.4 is 0 Å². The molecule has 2 heterocycles. The Morgan fingerprint density at radius 3 is 2.31 bits per heavy atom. The van der Waals surface area contributed by atoms with Crippen molar-refractivity contribution in [3.8, 4) is 0 Å². The summed E-state index contributed by atoms with van der Waals surface area (Å²) in [4.78, 5) is 52.3. The lowest BCUT2D eigenvalue weighted by Gasteiger charge is -2.39. The van der Waals surface area contributed by atoms with Gasteiger partial charge in [-0.15, -0.1) is 0 Å². The summed E-state index contributed by atoms with van der Waals surface area (Å²) in [6.07, 6.45) is 2.99. The molecule has 1 aromatic rings. The van der Waals surface area contributed by atoms with Crippen LogP contribution in [0, 0.1) is 10.8 Å². The first-order chi connectivity index (χ1) is 13.6. The standard InChI is InChI=1S/C22H26N2O5/c1-21(2)8-14-9-22(3,12-21)13-24(14)17(25)11-29-18(26)10-23-19(27)15-6-4-5-7-16(15)20(23)28/h4-7,14H,8-13H2,1-3H3. The largest absolute Gasteiger partial charge is 0.454 e. The molecule has 2 bridgehead atoms. The molecule has 2 unspecified atom stereocenters. The van der Waals surface area contributed by atoms with Gasteiger partial charge in [-0.2, -0.15) is 0 Å². The number of benzene rings is 1. The number of esters is 1. The highest BCUT2D eigenvalue weighted by Gasteiger charge is 2.51. The SMILES string of the molecule is CC1(C)CC2CC(C)(CN2C(=O)COC(=O)CN2C(=O)c3ccccc3C2=O)C1. The van der Waals surface area contributed by atoms with Crippen molar-refractivity contribution in [3.63, 3.8) is 0 Å². The molecule has 1 saturated carbocycles. The molecule has 1 aliphatic carbocycles. The van der Waals surface area contributed by atoms with Crippen molar-refractivity contribution in [1.29, 1.82) is 0 Å². The van der Waals surface area contributed by atoms with Gasteiger partial charge in [-0.05, 0) is 42.2 Å². The van der Waals surface area contributed by atoms with Gasteiger partial charge in [-0.1, -0.05) is 32.9 Å². The van der Waals surface area contributed by atoms with Crippen LogP contribution in [-0.4, -0.2) is 59.2 Å². The van der Waals surface area contributed by atoms with Crippen LogP contribution in [-0.2, 0) is 14.3 Å². The number of amides is 3. The summed E-state index contributed by atoms with van der Waals surface area (Å²) in [5.74, 6) is -2.01. The quantitative estimate of drug-likeness (QED) is 0.574. The Hall–Kier alpha value is -2.70. The van der Waals surface area contributed by atoms with E-state index in [1.54, 1.807) is 24.3 Å². The summed E-state index contributed by atoms with van der Waals surface area (Å²) in [6.45, 7) is 6.49. The number of nitrogens with zero attached hydrogens (tertiary/aromatic N) is 2. The second-order valence-electron chi connectivity index (χ2n) is 9.64. The molecule has 0 aromatic heterocycles. The molecule has 29 heavy (non-hydrogen) atoms. The highest BCUT2D eigenvalue weighted by Crippen LogP contribution is 2.52. The molecular formula is C22H26N2O5. The van der Waals surface area contributed by atoms with Crippen molar-refractivity contribution >= 4 is 23.7 Å². The Labute approximate surface area is 170 Å². The molecule has 0 radical (unpaired) electrons. The zero-order chi connectivity index (χ0) is 21.0. The van der Waals surface area contributed by atoms with Crippen LogP contribution >= 0.6 is 0 Å². The Kier molecular flexibility index (Phi) is 4.52. The number of fused-ring (bicyclic) bond motifs is 3. The van der Waals surface area contributed by atoms with Crippen molar-refractivity contribution in [2.45, 2.75) is 46.1 Å². The minimum atomic E-state index is -0.762. The van der Waals surface area contributed by atoms with Gasteiger partial charge in [-0.25, -0.2) is 0 Å². The fourth-order valence-corrected chi connectivity index (χ4v) is 5.53. The third kappa shape index (κ3) is 3.54. The molecule has 1 saturated heterocycles. The molecule has 3 amide bonds. The molecule has 3 aliphatic rings. The first kappa shape index (κ1) is 19.6. The number of likely N-dealkylation sites (tertiary alicyclic amines) is 1. The average molecular weight is 398 g/mol. The summed E-state index contributed by atoms with van der Waals surface area (Å²) >= 11 is 0. The van der Waals surface area contributed by atoms with E-state index in [-0.39, 0.29) is 40.5 Å². The molecule has 154 valence electrons. The van der Waals surface area contributed by atoms with Gasteiger partial charge in [0.25, 0.3) is 17.7 Å². The zero-order valence-electron chi connectivity index (χ0n) is 17.1. The summed E-state index contributed by atoms with van der Waals surface area (Å²) in [7, 11) is 0. The van der Waals surface area contributed by atoms with Crippen molar-refractivity contribution in [2.24, 2.45) is 10.8 Å². The highest BCUT2D eigenvalue weighted by molar-refractivity contribution is 6.22. The van der Waals surface area contributed by atoms with E-state index in [0.717, 1.165) is 24.2 Å². The summed E-state index contributed by atoms with van der Waals surface area (Å²) in [6, 6.07) is 6.61. The lowest BCUT2D eigenvalue weighted by atomic mass is 9.65. The molecule has 2 aliphatic heterocycles. The number of hydrogen-bond acceptors (Lipinski definition) is 5. The average Bonchev–Trinajstić information content (AvgIpc) is 3.04. The van der Waals surface area contributed by atoms with Crippen LogP contribution in [0.4, 0.5) is 0 Å². The van der Waals surface area contributed by atoms with Crippen molar-refractivity contribution in [1.82, 2.24) is 9.80 Å². The van der Waals surface area contributed by atoms with Gasteiger partial charge in [0.05, 0.1) is 11.1 Å². The predicted octanol–water partition coefficient (Wildman–Crippen LogP) is 2.25. The summed E-state index contributed by atoms with van der Waals surface area (Å²) in [5.41, 5.74) is 0.851. The maximum atomic E-state index is 12.7. The normalized spacial score (nSPS) is 27.2. The number of carbonyl (C=O) groups excluding carboxylic acids is 4. The number of rotatable bonds is 4. The topological polar surface area (TPSA) is 84.0 Å². The second kappa shape index (κ2) is 6.68. The van der Waals surface area contributed by atoms with Crippen LogP contribution in [0.15, 0.2) is 24.3 Å². The minimum absolute atomic E-state index is 0.103. The molecule has 0 spiro atoms. The Balaban J connectivity index is 1.33. The van der Waals surface area contributed by atoms with E-state index in [4.69, 9.17) is 4.74 Å². The van der Waals surface area contributed by atoms with Crippen LogP contribution in [0.3, 0.4) is 0 Å². The second-order valence-corrected chi connectivity index (χ2v) is 9.64. The lowest BCUT2D eigenvalue weighted by Crippen LogP contribution is -2.41. The van der Waals surface area contributed by atoms with Crippen LogP contribution in [0.5, 0.6) is 0 Å². The van der Waals surface area contributed by atoms with E-state index in [9.17, 15) is 19.2 Å². The number of ether oxygens (including phenoxy) is 1. The van der Waals surface area contributed by atoms with E-state index in [1.807, 2.05) is 4.90 Å². The van der Waals surface area contributed by atoms with Crippen LogP contribution in [0.2, 0.25) is 0 Å². The number of imide groups is 1. The number of carbonyl (C=O) groups is 4. The van der Waals surface area contributed by atoms with Gasteiger partial charge in [0, 0.05) is 12.6 Å².